The zero-order valence-electron chi connectivity index (χ0n) is 15.1. The second kappa shape index (κ2) is 16.8. The van der Waals surface area contributed by atoms with E-state index >= 15 is 0 Å². The van der Waals surface area contributed by atoms with E-state index < -0.39 is 15.4 Å². The van der Waals surface area contributed by atoms with E-state index in [9.17, 15) is 13.0 Å². The molecule has 3 nitrogen and oxygen atoms in total. The van der Waals surface area contributed by atoms with Crippen molar-refractivity contribution >= 4 is 10.1 Å². The summed E-state index contributed by atoms with van der Waals surface area (Å²) in [6.45, 7) is 3.77. The fraction of sp³-hybridized carbons (Fsp3) is 1.00. The van der Waals surface area contributed by atoms with Crippen molar-refractivity contribution in [3.63, 3.8) is 0 Å². The third-order valence-corrected chi connectivity index (χ3v) is 5.43. The molecule has 0 saturated carbocycles. The Morgan fingerprint density at radius 3 is 1.36 bits per heavy atom. The number of hydrogen-bond acceptors (Lipinski definition) is 3. The standard InChI is InChI=1S/C17H36O3S.Na/c1-3-4-5-6-7-8-9-10-11-12-13-14-15-16-17(2)21(18,19)20;/h17H,3-16H2,1-2H3,(H,18,19,20);/q;+1/p-1. The first-order valence-corrected chi connectivity index (χ1v) is 10.4. The van der Waals surface area contributed by atoms with Crippen molar-refractivity contribution in [2.45, 2.75) is 109 Å². The molecule has 128 valence electrons. The Hall–Kier alpha value is 0.910. The van der Waals surface area contributed by atoms with Crippen LogP contribution in [0.25, 0.3) is 0 Å². The van der Waals surface area contributed by atoms with Crippen molar-refractivity contribution in [1.82, 2.24) is 0 Å². The average molecular weight is 343 g/mol. The topological polar surface area (TPSA) is 57.2 Å². The molecule has 0 radical (unpaired) electrons. The summed E-state index contributed by atoms with van der Waals surface area (Å²) in [7, 11) is -4.07. The minimum atomic E-state index is -4.07. The van der Waals surface area contributed by atoms with Crippen molar-refractivity contribution in [2.24, 2.45) is 0 Å². The van der Waals surface area contributed by atoms with Crippen molar-refractivity contribution in [2.75, 3.05) is 0 Å². The van der Waals surface area contributed by atoms with E-state index in [-0.39, 0.29) is 29.6 Å². The van der Waals surface area contributed by atoms with Crippen LogP contribution in [0.2, 0.25) is 0 Å². The molecule has 0 aromatic rings. The average Bonchev–Trinajstić information content (AvgIpc) is 2.42. The summed E-state index contributed by atoms with van der Waals surface area (Å²) in [5.74, 6) is 0. The van der Waals surface area contributed by atoms with Gasteiger partial charge < -0.3 is 4.55 Å². The Morgan fingerprint density at radius 2 is 1.05 bits per heavy atom. The summed E-state index contributed by atoms with van der Waals surface area (Å²) in [4.78, 5) is 0. The molecule has 1 atom stereocenters. The van der Waals surface area contributed by atoms with Crippen LogP contribution >= 0.6 is 0 Å². The van der Waals surface area contributed by atoms with E-state index in [0.717, 1.165) is 12.8 Å². The fourth-order valence-electron chi connectivity index (χ4n) is 2.59. The second-order valence-electron chi connectivity index (χ2n) is 6.33. The van der Waals surface area contributed by atoms with Gasteiger partial charge in [0.05, 0.1) is 10.1 Å². The van der Waals surface area contributed by atoms with Gasteiger partial charge in [-0.25, -0.2) is 8.42 Å². The molecular weight excluding hydrogens is 307 g/mol. The van der Waals surface area contributed by atoms with Crippen molar-refractivity contribution in [3.05, 3.63) is 0 Å². The van der Waals surface area contributed by atoms with Crippen LogP contribution in [-0.2, 0) is 10.1 Å². The molecule has 0 fully saturated rings. The predicted molar refractivity (Wildman–Crippen MR) is 89.5 cm³/mol. The van der Waals surface area contributed by atoms with Gasteiger partial charge in [0, 0.05) is 5.25 Å². The van der Waals surface area contributed by atoms with E-state index in [2.05, 4.69) is 6.92 Å². The van der Waals surface area contributed by atoms with Gasteiger partial charge in [0.15, 0.2) is 0 Å². The van der Waals surface area contributed by atoms with E-state index in [0.29, 0.717) is 6.42 Å². The molecule has 0 aromatic heterocycles. The molecule has 0 N–H and O–H groups in total. The Kier molecular flexibility index (Phi) is 19.2. The molecule has 0 heterocycles. The summed E-state index contributed by atoms with van der Waals surface area (Å²) in [6, 6.07) is 0. The molecule has 0 spiro atoms. The number of rotatable bonds is 15. The van der Waals surface area contributed by atoms with Crippen molar-refractivity contribution in [3.8, 4) is 0 Å². The van der Waals surface area contributed by atoms with Gasteiger partial charge in [0.2, 0.25) is 0 Å². The van der Waals surface area contributed by atoms with Crippen LogP contribution in [0.4, 0.5) is 0 Å². The van der Waals surface area contributed by atoms with Crippen LogP contribution < -0.4 is 29.6 Å². The first-order chi connectivity index (χ1) is 9.98. The van der Waals surface area contributed by atoms with Crippen molar-refractivity contribution in [1.29, 1.82) is 0 Å². The fourth-order valence-corrected chi connectivity index (χ4v) is 3.05. The molecule has 0 saturated heterocycles. The summed E-state index contributed by atoms with van der Waals surface area (Å²) in [5.41, 5.74) is 0. The molecule has 1 unspecified atom stereocenters. The number of unbranched alkanes of at least 4 members (excludes halogenated alkanes) is 12. The van der Waals surface area contributed by atoms with Gasteiger partial charge in [0.1, 0.15) is 0 Å². The molecular formula is C17H35NaO3S. The quantitative estimate of drug-likeness (QED) is 0.261. The molecule has 0 rings (SSSR count). The minimum absolute atomic E-state index is 0. The summed E-state index contributed by atoms with van der Waals surface area (Å²) < 4.78 is 32.2. The maximum Gasteiger partial charge on any atom is 1.00 e. The van der Waals surface area contributed by atoms with Gasteiger partial charge in [-0.3, -0.25) is 0 Å². The smallest absolute Gasteiger partial charge is 0.748 e. The molecule has 0 aliphatic heterocycles. The summed E-state index contributed by atoms with van der Waals surface area (Å²) in [6.07, 6.45) is 17.1. The van der Waals surface area contributed by atoms with Crippen LogP contribution in [0.15, 0.2) is 0 Å². The van der Waals surface area contributed by atoms with E-state index in [4.69, 9.17) is 0 Å². The number of hydrogen-bond donors (Lipinski definition) is 0. The van der Waals surface area contributed by atoms with Gasteiger partial charge in [-0.15, -0.1) is 0 Å². The third-order valence-electron chi connectivity index (χ3n) is 4.21. The zero-order chi connectivity index (χ0) is 16.0. The van der Waals surface area contributed by atoms with E-state index in [1.54, 1.807) is 0 Å². The third kappa shape index (κ3) is 17.3. The summed E-state index contributed by atoms with van der Waals surface area (Å²) in [5, 5.41) is -0.717. The maximum absolute atomic E-state index is 10.7. The van der Waals surface area contributed by atoms with Crippen LogP contribution in [0, 0.1) is 0 Å². The zero-order valence-corrected chi connectivity index (χ0v) is 17.9. The van der Waals surface area contributed by atoms with E-state index in [1.165, 1.54) is 77.6 Å². The predicted octanol–water partition coefficient (Wildman–Crippen LogP) is 2.41. The Balaban J connectivity index is 0. The van der Waals surface area contributed by atoms with Crippen LogP contribution in [0.5, 0.6) is 0 Å². The first kappa shape index (κ1) is 25.2. The van der Waals surface area contributed by atoms with Gasteiger partial charge in [-0.1, -0.05) is 90.4 Å². The maximum atomic E-state index is 10.7. The van der Waals surface area contributed by atoms with Crippen LogP contribution in [0.1, 0.15) is 104 Å². The van der Waals surface area contributed by atoms with Crippen molar-refractivity contribution < 1.29 is 42.5 Å². The van der Waals surface area contributed by atoms with Crippen LogP contribution in [0.3, 0.4) is 0 Å². The molecule has 0 aliphatic carbocycles. The van der Waals surface area contributed by atoms with Gasteiger partial charge >= 0.3 is 29.6 Å². The summed E-state index contributed by atoms with van der Waals surface area (Å²) >= 11 is 0. The molecule has 22 heavy (non-hydrogen) atoms. The Morgan fingerprint density at radius 1 is 0.727 bits per heavy atom. The first-order valence-electron chi connectivity index (χ1n) is 8.93. The second-order valence-corrected chi connectivity index (χ2v) is 8.13. The largest absolute Gasteiger partial charge is 1.00 e. The molecule has 5 heteroatoms. The van der Waals surface area contributed by atoms with Gasteiger partial charge in [-0.05, 0) is 13.3 Å². The van der Waals surface area contributed by atoms with E-state index in [1.807, 2.05) is 0 Å². The normalized spacial score (nSPS) is 12.9. The minimum Gasteiger partial charge on any atom is -0.748 e. The SMILES string of the molecule is CCCCCCCCCCCCCCCC(C)S(=O)(=O)[O-].[Na+]. The monoisotopic (exact) mass is 342 g/mol. The molecule has 0 bridgehead atoms. The van der Waals surface area contributed by atoms with Crippen LogP contribution in [-0.4, -0.2) is 18.2 Å². The van der Waals surface area contributed by atoms with Gasteiger partial charge in [0.25, 0.3) is 0 Å². The van der Waals surface area contributed by atoms with Gasteiger partial charge in [-0.2, -0.15) is 0 Å². The Labute approximate surface area is 161 Å². The molecule has 0 amide bonds. The molecule has 0 aliphatic rings. The Bertz CT molecular complexity index is 318. The molecule has 0 aromatic carbocycles.